The second-order valence-electron chi connectivity index (χ2n) is 6.84. The molecule has 0 fully saturated rings. The van der Waals surface area contributed by atoms with Crippen molar-refractivity contribution in [3.05, 3.63) is 36.0 Å². The van der Waals surface area contributed by atoms with E-state index in [4.69, 9.17) is 17.4 Å². The van der Waals surface area contributed by atoms with Gasteiger partial charge in [-0.2, -0.15) is 0 Å². The highest BCUT2D eigenvalue weighted by Gasteiger charge is 2.27. The Morgan fingerprint density at radius 2 is 1.90 bits per heavy atom. The lowest BCUT2D eigenvalue weighted by atomic mass is 10.0. The number of benzene rings is 1. The Morgan fingerprint density at radius 1 is 1.16 bits per heavy atom. The van der Waals surface area contributed by atoms with Crippen LogP contribution in [0.2, 0.25) is 0 Å². The molecule has 1 heterocycles. The first-order valence-electron chi connectivity index (χ1n) is 9.56. The first-order valence-corrected chi connectivity index (χ1v) is 9.56. The summed E-state index contributed by atoms with van der Waals surface area (Å²) in [5.41, 5.74) is 12.1. The van der Waals surface area contributed by atoms with E-state index < -0.39 is 36.5 Å². The van der Waals surface area contributed by atoms with Gasteiger partial charge < -0.3 is 32.2 Å². The Balaban J connectivity index is 2.13. The number of fused-ring (bicyclic) bond motifs is 1. The summed E-state index contributed by atoms with van der Waals surface area (Å²) in [5.74, 6) is 2.37. The summed E-state index contributed by atoms with van der Waals surface area (Å²) >= 11 is 0. The number of amides is 2. The first-order chi connectivity index (χ1) is 14.8. The molecule has 31 heavy (non-hydrogen) atoms. The molecule has 0 aliphatic heterocycles. The van der Waals surface area contributed by atoms with Crippen LogP contribution < -0.4 is 28.0 Å². The van der Waals surface area contributed by atoms with E-state index in [9.17, 15) is 19.5 Å². The van der Waals surface area contributed by atoms with Gasteiger partial charge in [-0.05, 0) is 24.5 Å². The van der Waals surface area contributed by atoms with Crippen molar-refractivity contribution in [2.75, 3.05) is 13.2 Å². The molecule has 0 radical (unpaired) electrons. The average molecular weight is 433 g/mol. The topological polar surface area (TPSA) is 211 Å². The quantitative estimate of drug-likeness (QED) is 0.0923. The van der Waals surface area contributed by atoms with Crippen molar-refractivity contribution in [1.29, 1.82) is 0 Å². The standard InChI is InChI=1S/C19H27N7O5/c20-19(21)23-7-3-6-14(18(29)30)26-17(28)15(25-16(27)10-31-22)8-11-9-24-13-5-2-1-4-12(11)13/h1-2,4-5,9,14-15,24H,3,6-8,10,22H2,(H,25,27)(H,26,28)(H,29,30)(H4,20,21,23)/t14?,15-/m0/s1. The molecule has 2 rings (SSSR count). The number of nitrogens with one attached hydrogen (secondary N) is 3. The van der Waals surface area contributed by atoms with Crippen LogP contribution in [-0.4, -0.2) is 59.1 Å². The third-order valence-electron chi connectivity index (χ3n) is 4.52. The molecule has 10 N–H and O–H groups in total. The summed E-state index contributed by atoms with van der Waals surface area (Å²) in [6.07, 6.45) is 2.32. The lowest BCUT2D eigenvalue weighted by molar-refractivity contribution is -0.142. The first kappa shape index (κ1) is 23.6. The lowest BCUT2D eigenvalue weighted by Gasteiger charge is -2.21. The molecular weight excluding hydrogens is 406 g/mol. The largest absolute Gasteiger partial charge is 0.480 e. The molecule has 0 spiro atoms. The van der Waals surface area contributed by atoms with Gasteiger partial charge in [0.05, 0.1) is 0 Å². The van der Waals surface area contributed by atoms with E-state index in [0.717, 1.165) is 16.5 Å². The molecule has 12 nitrogen and oxygen atoms in total. The zero-order valence-corrected chi connectivity index (χ0v) is 16.8. The van der Waals surface area contributed by atoms with Gasteiger partial charge >= 0.3 is 5.97 Å². The number of hydrogen-bond donors (Lipinski definition) is 7. The van der Waals surface area contributed by atoms with Crippen molar-refractivity contribution in [3.8, 4) is 0 Å². The summed E-state index contributed by atoms with van der Waals surface area (Å²) < 4.78 is 0. The molecule has 0 saturated heterocycles. The molecular formula is C19H27N7O5. The van der Waals surface area contributed by atoms with E-state index in [1.165, 1.54) is 0 Å². The normalized spacial score (nSPS) is 12.7. The van der Waals surface area contributed by atoms with Crippen molar-refractivity contribution < 1.29 is 24.3 Å². The number of aromatic amines is 1. The van der Waals surface area contributed by atoms with Crippen LogP contribution in [0.5, 0.6) is 0 Å². The van der Waals surface area contributed by atoms with E-state index in [2.05, 4.69) is 25.4 Å². The maximum Gasteiger partial charge on any atom is 0.326 e. The van der Waals surface area contributed by atoms with Crippen LogP contribution >= 0.6 is 0 Å². The molecule has 0 saturated carbocycles. The van der Waals surface area contributed by atoms with Crippen molar-refractivity contribution in [2.24, 2.45) is 22.4 Å². The van der Waals surface area contributed by atoms with E-state index in [-0.39, 0.29) is 25.3 Å². The second-order valence-corrected chi connectivity index (χ2v) is 6.84. The average Bonchev–Trinajstić information content (AvgIpc) is 3.12. The number of nitrogens with two attached hydrogens (primary N) is 3. The van der Waals surface area contributed by atoms with Gasteiger partial charge in [-0.1, -0.05) is 18.2 Å². The molecule has 2 amide bonds. The van der Waals surface area contributed by atoms with Crippen LogP contribution in [0.4, 0.5) is 0 Å². The minimum Gasteiger partial charge on any atom is -0.480 e. The van der Waals surface area contributed by atoms with Crippen molar-refractivity contribution in [2.45, 2.75) is 31.3 Å². The highest BCUT2D eigenvalue weighted by Crippen LogP contribution is 2.19. The fourth-order valence-corrected chi connectivity index (χ4v) is 3.07. The van der Waals surface area contributed by atoms with Gasteiger partial charge in [-0.3, -0.25) is 19.4 Å². The molecule has 2 aromatic rings. The van der Waals surface area contributed by atoms with Crippen LogP contribution in [0.25, 0.3) is 10.9 Å². The molecule has 2 atom stereocenters. The Kier molecular flexibility index (Phi) is 8.78. The van der Waals surface area contributed by atoms with Gasteiger partial charge in [0.15, 0.2) is 5.96 Å². The highest BCUT2D eigenvalue weighted by atomic mass is 16.6. The van der Waals surface area contributed by atoms with Crippen molar-refractivity contribution in [3.63, 3.8) is 0 Å². The maximum atomic E-state index is 12.9. The minimum absolute atomic E-state index is 0.0976. The molecule has 0 bridgehead atoms. The number of H-pyrrole nitrogens is 1. The zero-order valence-electron chi connectivity index (χ0n) is 16.8. The molecule has 1 aromatic heterocycles. The van der Waals surface area contributed by atoms with Gasteiger partial charge in [-0.15, -0.1) is 0 Å². The Labute approximate surface area is 178 Å². The van der Waals surface area contributed by atoms with Crippen LogP contribution in [0.15, 0.2) is 35.5 Å². The van der Waals surface area contributed by atoms with Gasteiger partial charge in [0, 0.05) is 30.1 Å². The summed E-state index contributed by atoms with van der Waals surface area (Å²) in [5, 5.41) is 15.3. The number of para-hydroxylation sites is 1. The third kappa shape index (κ3) is 7.28. The number of carboxylic acids is 1. The number of carboxylic acid groups (broad SMARTS) is 1. The smallest absolute Gasteiger partial charge is 0.326 e. The third-order valence-corrected chi connectivity index (χ3v) is 4.52. The number of aliphatic imine (C=N–C) groups is 1. The number of aliphatic carboxylic acids is 1. The van der Waals surface area contributed by atoms with Crippen molar-refractivity contribution in [1.82, 2.24) is 15.6 Å². The molecule has 1 aromatic carbocycles. The molecule has 1 unspecified atom stereocenters. The van der Waals surface area contributed by atoms with E-state index >= 15 is 0 Å². The molecule has 168 valence electrons. The zero-order chi connectivity index (χ0) is 22.8. The summed E-state index contributed by atoms with van der Waals surface area (Å²) in [6, 6.07) is 5.27. The monoisotopic (exact) mass is 433 g/mol. The minimum atomic E-state index is -1.21. The lowest BCUT2D eigenvalue weighted by Crippen LogP contribution is -2.53. The van der Waals surface area contributed by atoms with Gasteiger partial charge in [-0.25, -0.2) is 10.7 Å². The van der Waals surface area contributed by atoms with Crippen LogP contribution in [0.1, 0.15) is 18.4 Å². The van der Waals surface area contributed by atoms with Gasteiger partial charge in [0.2, 0.25) is 11.8 Å². The molecule has 12 heteroatoms. The van der Waals surface area contributed by atoms with Crippen LogP contribution in [0, 0.1) is 0 Å². The number of nitrogens with zero attached hydrogens (tertiary/aromatic N) is 1. The van der Waals surface area contributed by atoms with Gasteiger partial charge in [0.25, 0.3) is 0 Å². The number of aromatic nitrogens is 1. The number of rotatable bonds is 12. The number of guanidine groups is 1. The van der Waals surface area contributed by atoms with E-state index in [1.807, 2.05) is 24.3 Å². The summed E-state index contributed by atoms with van der Waals surface area (Å²) in [7, 11) is 0. The van der Waals surface area contributed by atoms with Crippen LogP contribution in [0.3, 0.4) is 0 Å². The van der Waals surface area contributed by atoms with Crippen LogP contribution in [-0.2, 0) is 25.6 Å². The number of hydrogen-bond acceptors (Lipinski definition) is 6. The fraction of sp³-hybridized carbons (Fsp3) is 0.368. The fourth-order valence-electron chi connectivity index (χ4n) is 3.07. The molecule has 0 aliphatic rings. The predicted molar refractivity (Wildman–Crippen MR) is 114 cm³/mol. The molecule has 0 aliphatic carbocycles. The highest BCUT2D eigenvalue weighted by molar-refractivity contribution is 5.92. The SMILES string of the molecule is NOCC(=O)N[C@@H](Cc1c[nH]c2ccccc12)C(=O)NC(CCCN=C(N)N)C(=O)O. The Hall–Kier alpha value is -3.64. The Bertz CT molecular complexity index is 939. The second kappa shape index (κ2) is 11.5. The number of carbonyl (C=O) groups is 3. The summed E-state index contributed by atoms with van der Waals surface area (Å²) in [6.45, 7) is -0.218. The van der Waals surface area contributed by atoms with Gasteiger partial charge in [0.1, 0.15) is 18.7 Å². The van der Waals surface area contributed by atoms with Crippen molar-refractivity contribution >= 4 is 34.6 Å². The van der Waals surface area contributed by atoms with E-state index in [1.54, 1.807) is 6.20 Å². The maximum absolute atomic E-state index is 12.9. The van der Waals surface area contributed by atoms with E-state index in [0.29, 0.717) is 6.42 Å². The Morgan fingerprint density at radius 3 is 2.58 bits per heavy atom. The number of carbonyl (C=O) groups excluding carboxylic acids is 2. The summed E-state index contributed by atoms with van der Waals surface area (Å²) in [4.78, 5) is 47.6. The predicted octanol–water partition coefficient (Wildman–Crippen LogP) is -1.29.